The molecule has 1 aliphatic rings. The second-order valence-corrected chi connectivity index (χ2v) is 6.47. The molecular formula is C19H28FN3O3. The van der Waals surface area contributed by atoms with Crippen LogP contribution in [0.2, 0.25) is 0 Å². The van der Waals surface area contributed by atoms with Crippen molar-refractivity contribution < 1.29 is 18.7 Å². The summed E-state index contributed by atoms with van der Waals surface area (Å²) in [7, 11) is 0. The van der Waals surface area contributed by atoms with Crippen molar-refractivity contribution in [3.63, 3.8) is 0 Å². The molecule has 0 atom stereocenters. The molecule has 0 aromatic heterocycles. The lowest BCUT2D eigenvalue weighted by molar-refractivity contribution is -0.121. The summed E-state index contributed by atoms with van der Waals surface area (Å²) in [5, 5.41) is 8.47. The van der Waals surface area contributed by atoms with Crippen LogP contribution >= 0.6 is 0 Å². The van der Waals surface area contributed by atoms with E-state index in [0.29, 0.717) is 25.9 Å². The second-order valence-electron chi connectivity index (χ2n) is 6.47. The zero-order chi connectivity index (χ0) is 18.6. The Balaban J connectivity index is 1.47. The maximum Gasteiger partial charge on any atom is 0.315 e. The fourth-order valence-corrected chi connectivity index (χ4v) is 2.94. The molecule has 1 fully saturated rings. The van der Waals surface area contributed by atoms with Crippen LogP contribution in [0.5, 0.6) is 5.75 Å². The van der Waals surface area contributed by atoms with Gasteiger partial charge in [0.2, 0.25) is 5.91 Å². The van der Waals surface area contributed by atoms with E-state index in [9.17, 15) is 14.0 Å². The van der Waals surface area contributed by atoms with Crippen LogP contribution in [0.25, 0.3) is 0 Å². The van der Waals surface area contributed by atoms with Gasteiger partial charge in [-0.1, -0.05) is 31.4 Å². The van der Waals surface area contributed by atoms with Crippen LogP contribution in [0.1, 0.15) is 44.9 Å². The maximum absolute atomic E-state index is 13.3. The molecule has 26 heavy (non-hydrogen) atoms. The molecule has 2 rings (SSSR count). The van der Waals surface area contributed by atoms with Crippen LogP contribution in [-0.4, -0.2) is 37.7 Å². The molecule has 0 unspecified atom stereocenters. The molecule has 0 radical (unpaired) electrons. The summed E-state index contributed by atoms with van der Waals surface area (Å²) in [5.74, 6) is -0.358. The molecule has 1 aromatic rings. The predicted molar refractivity (Wildman–Crippen MR) is 97.5 cm³/mol. The van der Waals surface area contributed by atoms with Crippen LogP contribution in [-0.2, 0) is 4.79 Å². The number of para-hydroxylation sites is 1. The fraction of sp³-hybridized carbons (Fsp3) is 0.579. The van der Waals surface area contributed by atoms with Gasteiger partial charge in [-0.3, -0.25) is 4.79 Å². The lowest BCUT2D eigenvalue weighted by Crippen LogP contribution is -2.43. The Bertz CT molecular complexity index is 577. The monoisotopic (exact) mass is 365 g/mol. The van der Waals surface area contributed by atoms with Gasteiger partial charge in [-0.2, -0.15) is 0 Å². The number of nitrogens with one attached hydrogen (secondary N) is 3. The fourth-order valence-electron chi connectivity index (χ4n) is 2.94. The third kappa shape index (κ3) is 7.72. The number of carbonyl (C=O) groups excluding carboxylic acids is 2. The first-order valence-corrected chi connectivity index (χ1v) is 9.33. The SMILES string of the molecule is O=C(CCCNC(=O)NC1CCCCC1)NCCOc1ccccc1F. The molecule has 0 spiro atoms. The summed E-state index contributed by atoms with van der Waals surface area (Å²) >= 11 is 0. The Hall–Kier alpha value is -2.31. The Labute approximate surface area is 153 Å². The maximum atomic E-state index is 13.3. The van der Waals surface area contributed by atoms with Gasteiger partial charge in [-0.15, -0.1) is 0 Å². The van der Waals surface area contributed by atoms with Crippen LogP contribution in [0, 0.1) is 5.82 Å². The summed E-state index contributed by atoms with van der Waals surface area (Å²) in [6.07, 6.45) is 6.58. The predicted octanol–water partition coefficient (Wildman–Crippen LogP) is 2.73. The van der Waals surface area contributed by atoms with Gasteiger partial charge in [0.15, 0.2) is 11.6 Å². The van der Waals surface area contributed by atoms with Crippen molar-refractivity contribution in [2.75, 3.05) is 19.7 Å². The standard InChI is InChI=1S/C19H28FN3O3/c20-16-9-4-5-10-17(16)26-14-13-21-18(24)11-6-12-22-19(25)23-15-7-2-1-3-8-15/h4-5,9-10,15H,1-3,6-8,11-14H2,(H,21,24)(H2,22,23,25). The van der Waals surface area contributed by atoms with E-state index in [1.165, 1.54) is 25.3 Å². The van der Waals surface area contributed by atoms with Crippen molar-refractivity contribution in [1.29, 1.82) is 0 Å². The number of ether oxygens (including phenoxy) is 1. The number of hydrogen-bond donors (Lipinski definition) is 3. The van der Waals surface area contributed by atoms with Crippen molar-refractivity contribution in [3.05, 3.63) is 30.1 Å². The molecule has 7 heteroatoms. The Kier molecular flexibility index (Phi) is 8.72. The van der Waals surface area contributed by atoms with Gasteiger partial charge in [-0.05, 0) is 31.4 Å². The van der Waals surface area contributed by atoms with Crippen molar-refractivity contribution in [2.45, 2.75) is 51.0 Å². The smallest absolute Gasteiger partial charge is 0.315 e. The van der Waals surface area contributed by atoms with Gasteiger partial charge < -0.3 is 20.7 Å². The lowest BCUT2D eigenvalue weighted by Gasteiger charge is -2.22. The topological polar surface area (TPSA) is 79.5 Å². The Morgan fingerprint density at radius 1 is 1.08 bits per heavy atom. The molecule has 0 heterocycles. The van der Waals surface area contributed by atoms with E-state index in [1.54, 1.807) is 18.2 Å². The van der Waals surface area contributed by atoms with Gasteiger partial charge in [0.1, 0.15) is 6.61 Å². The number of carbonyl (C=O) groups is 2. The van der Waals surface area contributed by atoms with Gasteiger partial charge in [0, 0.05) is 19.0 Å². The molecule has 3 N–H and O–H groups in total. The first-order valence-electron chi connectivity index (χ1n) is 9.33. The highest BCUT2D eigenvalue weighted by Gasteiger charge is 2.15. The summed E-state index contributed by atoms with van der Waals surface area (Å²) in [5.41, 5.74) is 0. The first-order chi connectivity index (χ1) is 12.6. The largest absolute Gasteiger partial charge is 0.489 e. The number of urea groups is 1. The number of amides is 3. The van der Waals surface area contributed by atoms with E-state index in [1.807, 2.05) is 0 Å². The molecule has 3 amide bonds. The van der Waals surface area contributed by atoms with Crippen LogP contribution in [0.3, 0.4) is 0 Å². The third-order valence-electron chi connectivity index (χ3n) is 4.33. The quantitative estimate of drug-likeness (QED) is 0.589. The van der Waals surface area contributed by atoms with E-state index in [4.69, 9.17) is 4.74 Å². The highest BCUT2D eigenvalue weighted by atomic mass is 19.1. The minimum Gasteiger partial charge on any atom is -0.489 e. The Morgan fingerprint density at radius 3 is 2.62 bits per heavy atom. The number of rotatable bonds is 9. The molecule has 144 valence electrons. The number of hydrogen-bond acceptors (Lipinski definition) is 3. The van der Waals surface area contributed by atoms with Gasteiger partial charge in [0.25, 0.3) is 0 Å². The van der Waals surface area contributed by atoms with Gasteiger partial charge >= 0.3 is 6.03 Å². The second kappa shape index (κ2) is 11.3. The molecule has 0 saturated heterocycles. The molecular weight excluding hydrogens is 337 g/mol. The normalized spacial score (nSPS) is 14.5. The lowest BCUT2D eigenvalue weighted by atomic mass is 9.96. The van der Waals surface area contributed by atoms with E-state index in [2.05, 4.69) is 16.0 Å². The van der Waals surface area contributed by atoms with Gasteiger partial charge in [-0.25, -0.2) is 9.18 Å². The zero-order valence-electron chi connectivity index (χ0n) is 15.1. The average Bonchev–Trinajstić information content (AvgIpc) is 2.64. The van der Waals surface area contributed by atoms with Crippen LogP contribution < -0.4 is 20.7 Å². The molecule has 6 nitrogen and oxygen atoms in total. The average molecular weight is 365 g/mol. The number of benzene rings is 1. The van der Waals surface area contributed by atoms with Crippen LogP contribution in [0.15, 0.2) is 24.3 Å². The van der Waals surface area contributed by atoms with Gasteiger partial charge in [0.05, 0.1) is 6.54 Å². The summed E-state index contributed by atoms with van der Waals surface area (Å²) in [6, 6.07) is 6.27. The number of halogens is 1. The minimum atomic E-state index is -0.420. The molecule has 0 aliphatic heterocycles. The third-order valence-corrected chi connectivity index (χ3v) is 4.33. The summed E-state index contributed by atoms with van der Waals surface area (Å²) in [4.78, 5) is 23.5. The summed E-state index contributed by atoms with van der Waals surface area (Å²) < 4.78 is 18.6. The first kappa shape index (κ1) is 20.0. The van der Waals surface area contributed by atoms with E-state index < -0.39 is 5.82 Å². The van der Waals surface area contributed by atoms with Crippen molar-refractivity contribution >= 4 is 11.9 Å². The van der Waals surface area contributed by atoms with Crippen molar-refractivity contribution in [1.82, 2.24) is 16.0 Å². The molecule has 0 bridgehead atoms. The highest BCUT2D eigenvalue weighted by Crippen LogP contribution is 2.17. The van der Waals surface area contributed by atoms with Crippen molar-refractivity contribution in [2.24, 2.45) is 0 Å². The van der Waals surface area contributed by atoms with E-state index in [-0.39, 0.29) is 30.3 Å². The van der Waals surface area contributed by atoms with E-state index >= 15 is 0 Å². The molecule has 1 saturated carbocycles. The molecule has 1 aromatic carbocycles. The highest BCUT2D eigenvalue weighted by molar-refractivity contribution is 5.76. The molecule has 1 aliphatic carbocycles. The minimum absolute atomic E-state index is 0.114. The zero-order valence-corrected chi connectivity index (χ0v) is 15.1. The van der Waals surface area contributed by atoms with Crippen LogP contribution in [0.4, 0.5) is 9.18 Å². The summed E-state index contributed by atoms with van der Waals surface area (Å²) in [6.45, 7) is 0.967. The van der Waals surface area contributed by atoms with Crippen molar-refractivity contribution in [3.8, 4) is 5.75 Å². The van der Waals surface area contributed by atoms with E-state index in [0.717, 1.165) is 12.8 Å². The Morgan fingerprint density at radius 2 is 1.85 bits per heavy atom.